The van der Waals surface area contributed by atoms with Crippen molar-refractivity contribution in [1.29, 1.82) is 0 Å². The second kappa shape index (κ2) is 9.05. The van der Waals surface area contributed by atoms with Gasteiger partial charge in [0.25, 0.3) is 0 Å². The molecule has 1 aromatic carbocycles. The molecule has 0 spiro atoms. The summed E-state index contributed by atoms with van der Waals surface area (Å²) in [5.74, 6) is 0.265. The Morgan fingerprint density at radius 2 is 1.97 bits per heavy atom. The second-order valence-electron chi connectivity index (χ2n) is 9.24. The van der Waals surface area contributed by atoms with E-state index in [1.165, 1.54) is 11.1 Å². The average molecular weight is 493 g/mol. The number of aromatic nitrogens is 5. The maximum Gasteiger partial charge on any atom is 0.224 e. The number of benzene rings is 1. The molecule has 5 aromatic heterocycles. The summed E-state index contributed by atoms with van der Waals surface area (Å²) in [6.07, 6.45) is 3.87. The fourth-order valence-electron chi connectivity index (χ4n) is 4.43. The van der Waals surface area contributed by atoms with E-state index in [9.17, 15) is 4.79 Å². The smallest absolute Gasteiger partial charge is 0.224 e. The van der Waals surface area contributed by atoms with Gasteiger partial charge in [-0.2, -0.15) is 16.4 Å². The van der Waals surface area contributed by atoms with Crippen molar-refractivity contribution in [2.75, 3.05) is 5.32 Å². The molecule has 0 atom stereocenters. The van der Waals surface area contributed by atoms with Crippen molar-refractivity contribution in [1.82, 2.24) is 25.1 Å². The molecule has 0 aliphatic rings. The van der Waals surface area contributed by atoms with Gasteiger partial charge in [0.2, 0.25) is 5.91 Å². The van der Waals surface area contributed by atoms with E-state index < -0.39 is 0 Å². The summed E-state index contributed by atoms with van der Waals surface area (Å²) in [5, 5.41) is 16.0. The largest absolute Gasteiger partial charge is 0.353 e. The number of carbonyl (C=O) groups excluding carboxylic acids is 1. The van der Waals surface area contributed by atoms with Crippen LogP contribution in [-0.4, -0.2) is 31.1 Å². The van der Waals surface area contributed by atoms with E-state index in [2.05, 4.69) is 66.6 Å². The number of amides is 1. The normalized spacial score (nSPS) is 11.5. The highest BCUT2D eigenvalue weighted by Crippen LogP contribution is 2.35. The summed E-state index contributed by atoms with van der Waals surface area (Å²) in [7, 11) is 0. The highest BCUT2D eigenvalue weighted by Gasteiger charge is 2.16. The molecule has 36 heavy (non-hydrogen) atoms. The molecule has 3 N–H and O–H groups in total. The fourth-order valence-corrected chi connectivity index (χ4v) is 5.09. The molecule has 0 unspecified atom stereocenters. The molecular formula is C28H24N6OS. The van der Waals surface area contributed by atoms with Gasteiger partial charge in [0, 0.05) is 29.1 Å². The molecule has 6 rings (SSSR count). The van der Waals surface area contributed by atoms with Crippen LogP contribution in [0.25, 0.3) is 55.7 Å². The topological polar surface area (TPSA) is 99.4 Å². The summed E-state index contributed by atoms with van der Waals surface area (Å²) in [4.78, 5) is 25.0. The Morgan fingerprint density at radius 1 is 1.06 bits per heavy atom. The van der Waals surface area contributed by atoms with E-state index in [1.807, 2.05) is 32.0 Å². The molecule has 0 bridgehead atoms. The molecule has 0 aliphatic carbocycles. The quantitative estimate of drug-likeness (QED) is 0.236. The molecule has 0 fully saturated rings. The van der Waals surface area contributed by atoms with Crippen molar-refractivity contribution in [2.24, 2.45) is 5.92 Å². The Balaban J connectivity index is 1.38. The molecular weight excluding hydrogens is 468 g/mol. The van der Waals surface area contributed by atoms with Crippen LogP contribution in [0.4, 0.5) is 5.69 Å². The van der Waals surface area contributed by atoms with E-state index in [-0.39, 0.29) is 11.8 Å². The Hall–Kier alpha value is -4.30. The molecule has 5 heterocycles. The first-order valence-electron chi connectivity index (χ1n) is 11.8. The van der Waals surface area contributed by atoms with Crippen molar-refractivity contribution in [3.63, 3.8) is 0 Å². The number of rotatable bonds is 6. The molecule has 8 heteroatoms. The lowest BCUT2D eigenvalue weighted by atomic mass is 10.0. The van der Waals surface area contributed by atoms with Crippen LogP contribution in [0.5, 0.6) is 0 Å². The average Bonchev–Trinajstić information content (AvgIpc) is 3.62. The minimum atomic E-state index is -0.0230. The van der Waals surface area contributed by atoms with Gasteiger partial charge in [-0.25, -0.2) is 4.98 Å². The highest BCUT2D eigenvalue weighted by molar-refractivity contribution is 7.08. The van der Waals surface area contributed by atoms with E-state index in [1.54, 1.807) is 23.7 Å². The van der Waals surface area contributed by atoms with E-state index >= 15 is 0 Å². The van der Waals surface area contributed by atoms with Crippen LogP contribution in [0.3, 0.4) is 0 Å². The minimum Gasteiger partial charge on any atom is -0.353 e. The van der Waals surface area contributed by atoms with Gasteiger partial charge in [-0.3, -0.25) is 14.9 Å². The van der Waals surface area contributed by atoms with Gasteiger partial charge in [0.05, 0.1) is 28.8 Å². The predicted molar refractivity (Wildman–Crippen MR) is 146 cm³/mol. The first-order chi connectivity index (χ1) is 17.5. The van der Waals surface area contributed by atoms with E-state index in [4.69, 9.17) is 4.98 Å². The summed E-state index contributed by atoms with van der Waals surface area (Å²) < 4.78 is 0. The number of thiophene rings is 1. The number of hydrogen-bond donors (Lipinski definition) is 3. The number of anilines is 1. The highest BCUT2D eigenvalue weighted by atomic mass is 32.1. The van der Waals surface area contributed by atoms with Gasteiger partial charge in [-0.1, -0.05) is 26.0 Å². The van der Waals surface area contributed by atoms with Crippen molar-refractivity contribution < 1.29 is 4.79 Å². The molecule has 0 radical (unpaired) electrons. The SMILES string of the molecule is CC(C)CC(=O)Nc1cncc(-c2ccc3[nH]nc(-c4cc5c(-c6ccsc6)cccc5[nH]4)c3n2)c1. The third-order valence-corrected chi connectivity index (χ3v) is 6.75. The van der Waals surface area contributed by atoms with E-state index in [0.717, 1.165) is 44.6 Å². The molecule has 0 saturated carbocycles. The fraction of sp³-hybridized carbons (Fsp3) is 0.143. The lowest BCUT2D eigenvalue weighted by molar-refractivity contribution is -0.116. The first kappa shape index (κ1) is 22.2. The van der Waals surface area contributed by atoms with Gasteiger partial charge in [0.1, 0.15) is 11.2 Å². The Morgan fingerprint density at radius 3 is 2.81 bits per heavy atom. The molecule has 0 saturated heterocycles. The summed E-state index contributed by atoms with van der Waals surface area (Å²) in [5.41, 5.74) is 8.95. The maximum atomic E-state index is 12.2. The summed E-state index contributed by atoms with van der Waals surface area (Å²) >= 11 is 1.69. The summed E-state index contributed by atoms with van der Waals surface area (Å²) in [6, 6.07) is 16.4. The molecule has 1 amide bonds. The zero-order chi connectivity index (χ0) is 24.6. The number of hydrogen-bond acceptors (Lipinski definition) is 5. The van der Waals surface area contributed by atoms with Crippen molar-refractivity contribution in [3.05, 3.63) is 71.7 Å². The number of fused-ring (bicyclic) bond motifs is 2. The zero-order valence-corrected chi connectivity index (χ0v) is 20.7. The van der Waals surface area contributed by atoms with Gasteiger partial charge in [-0.15, -0.1) is 0 Å². The third kappa shape index (κ3) is 4.16. The number of H-pyrrole nitrogens is 2. The van der Waals surface area contributed by atoms with Crippen LogP contribution in [-0.2, 0) is 4.79 Å². The predicted octanol–water partition coefficient (Wildman–Crippen LogP) is 6.88. The van der Waals surface area contributed by atoms with Crippen molar-refractivity contribution >= 4 is 44.9 Å². The van der Waals surface area contributed by atoms with E-state index in [0.29, 0.717) is 12.1 Å². The van der Waals surface area contributed by atoms with Crippen LogP contribution >= 0.6 is 11.3 Å². The van der Waals surface area contributed by atoms with Gasteiger partial charge < -0.3 is 10.3 Å². The second-order valence-corrected chi connectivity index (χ2v) is 10.0. The van der Waals surface area contributed by atoms with Crippen molar-refractivity contribution in [3.8, 4) is 33.8 Å². The number of carbonyl (C=O) groups is 1. The lowest BCUT2D eigenvalue weighted by Gasteiger charge is -2.08. The van der Waals surface area contributed by atoms with Crippen LogP contribution in [0.1, 0.15) is 20.3 Å². The number of nitrogens with zero attached hydrogens (tertiary/aromatic N) is 3. The van der Waals surface area contributed by atoms with Crippen LogP contribution in [0, 0.1) is 5.92 Å². The number of pyridine rings is 2. The summed E-state index contributed by atoms with van der Waals surface area (Å²) in [6.45, 7) is 4.04. The zero-order valence-electron chi connectivity index (χ0n) is 19.9. The standard InChI is InChI=1S/C28H24N6OS/c1-16(2)10-26(35)30-19-11-18(13-29-14-19)22-6-7-24-27(32-22)28(34-33-24)25-12-21-20(17-8-9-36-15-17)4-3-5-23(21)31-25/h3-9,11-16,31H,10H2,1-2H3,(H,30,35)(H,33,34). The molecule has 7 nitrogen and oxygen atoms in total. The molecule has 6 aromatic rings. The van der Waals surface area contributed by atoms with Crippen LogP contribution in [0.2, 0.25) is 0 Å². The number of aromatic amines is 2. The minimum absolute atomic E-state index is 0.0230. The third-order valence-electron chi connectivity index (χ3n) is 6.07. The van der Waals surface area contributed by atoms with Gasteiger partial charge >= 0.3 is 0 Å². The Labute approximate surface area is 211 Å². The molecule has 0 aliphatic heterocycles. The van der Waals surface area contributed by atoms with Gasteiger partial charge in [0.15, 0.2) is 0 Å². The van der Waals surface area contributed by atoms with Gasteiger partial charge in [-0.05, 0) is 64.2 Å². The molecule has 178 valence electrons. The van der Waals surface area contributed by atoms with Crippen LogP contribution < -0.4 is 5.32 Å². The van der Waals surface area contributed by atoms with Crippen LogP contribution in [0.15, 0.2) is 71.7 Å². The Bertz CT molecular complexity index is 1700. The first-order valence-corrected chi connectivity index (χ1v) is 12.7. The number of nitrogens with one attached hydrogen (secondary N) is 3. The lowest BCUT2D eigenvalue weighted by Crippen LogP contribution is -2.13. The maximum absolute atomic E-state index is 12.2. The Kier molecular flexibility index (Phi) is 5.58. The van der Waals surface area contributed by atoms with Crippen molar-refractivity contribution in [2.45, 2.75) is 20.3 Å². The monoisotopic (exact) mass is 492 g/mol.